The van der Waals surface area contributed by atoms with E-state index in [0.29, 0.717) is 25.2 Å². The first-order valence-corrected chi connectivity index (χ1v) is 7.12. The van der Waals surface area contributed by atoms with Crippen molar-refractivity contribution in [2.45, 2.75) is 20.4 Å². The third-order valence-corrected chi connectivity index (χ3v) is 3.44. The highest BCUT2D eigenvalue weighted by atomic mass is 16.2. The van der Waals surface area contributed by atoms with Crippen LogP contribution in [0, 0.1) is 0 Å². The molecular formula is C15H21N5O. The van der Waals surface area contributed by atoms with Crippen molar-refractivity contribution in [1.82, 2.24) is 19.9 Å². The largest absolute Gasteiger partial charge is 0.379 e. The molecule has 0 aliphatic rings. The summed E-state index contributed by atoms with van der Waals surface area (Å²) in [6.45, 7) is 6.02. The zero-order valence-corrected chi connectivity index (χ0v) is 12.7. The van der Waals surface area contributed by atoms with Crippen LogP contribution in [0.2, 0.25) is 0 Å². The van der Waals surface area contributed by atoms with E-state index in [1.165, 1.54) is 0 Å². The van der Waals surface area contributed by atoms with Gasteiger partial charge in [0.05, 0.1) is 18.4 Å². The maximum absolute atomic E-state index is 12.3. The van der Waals surface area contributed by atoms with Gasteiger partial charge in [-0.05, 0) is 32.0 Å². The number of carbonyl (C=O) groups is 1. The van der Waals surface area contributed by atoms with Gasteiger partial charge in [0.25, 0.3) is 5.91 Å². The van der Waals surface area contributed by atoms with Crippen molar-refractivity contribution >= 4 is 11.6 Å². The van der Waals surface area contributed by atoms with Gasteiger partial charge in [-0.3, -0.25) is 9.48 Å². The van der Waals surface area contributed by atoms with E-state index in [9.17, 15) is 4.79 Å². The standard InChI is InChI=1S/C15H21N5O/c1-4-20(5-2)15(21)12-7-6-8-13(9-12)16-10-14-11-17-18-19(14)3/h6-9,11,16H,4-5,10H2,1-3H3. The van der Waals surface area contributed by atoms with Gasteiger partial charge in [-0.25, -0.2) is 0 Å². The molecule has 112 valence electrons. The number of nitrogens with one attached hydrogen (secondary N) is 1. The Morgan fingerprint density at radius 3 is 2.71 bits per heavy atom. The van der Waals surface area contributed by atoms with Crippen LogP contribution in [0.25, 0.3) is 0 Å². The van der Waals surface area contributed by atoms with Crippen molar-refractivity contribution in [2.24, 2.45) is 7.05 Å². The van der Waals surface area contributed by atoms with Crippen LogP contribution < -0.4 is 5.32 Å². The molecule has 1 aromatic carbocycles. The van der Waals surface area contributed by atoms with Crippen LogP contribution in [0.5, 0.6) is 0 Å². The molecule has 2 rings (SSSR count). The number of amides is 1. The van der Waals surface area contributed by atoms with Gasteiger partial charge in [0.15, 0.2) is 0 Å². The maximum Gasteiger partial charge on any atom is 0.253 e. The summed E-state index contributed by atoms with van der Waals surface area (Å²) in [4.78, 5) is 14.1. The first kappa shape index (κ1) is 15.0. The van der Waals surface area contributed by atoms with Crippen molar-refractivity contribution < 1.29 is 4.79 Å². The highest BCUT2D eigenvalue weighted by Gasteiger charge is 2.12. The normalized spacial score (nSPS) is 10.4. The van der Waals surface area contributed by atoms with Crippen molar-refractivity contribution in [3.63, 3.8) is 0 Å². The average molecular weight is 287 g/mol. The summed E-state index contributed by atoms with van der Waals surface area (Å²) in [7, 11) is 1.85. The Kier molecular flexibility index (Phi) is 4.92. The Balaban J connectivity index is 2.07. The fourth-order valence-electron chi connectivity index (χ4n) is 2.12. The molecule has 0 atom stereocenters. The number of hydrogen-bond donors (Lipinski definition) is 1. The summed E-state index contributed by atoms with van der Waals surface area (Å²) in [6.07, 6.45) is 1.72. The Labute approximate surface area is 124 Å². The first-order valence-electron chi connectivity index (χ1n) is 7.12. The number of aromatic nitrogens is 3. The predicted octanol–water partition coefficient (Wildman–Crippen LogP) is 1.91. The van der Waals surface area contributed by atoms with Crippen LogP contribution in [0.4, 0.5) is 5.69 Å². The van der Waals surface area contributed by atoms with E-state index in [2.05, 4.69) is 15.6 Å². The number of benzene rings is 1. The number of aryl methyl sites for hydroxylation is 1. The van der Waals surface area contributed by atoms with Gasteiger partial charge in [0.1, 0.15) is 0 Å². The molecule has 6 heteroatoms. The second kappa shape index (κ2) is 6.88. The predicted molar refractivity (Wildman–Crippen MR) is 82.0 cm³/mol. The molecule has 2 aromatic rings. The molecule has 21 heavy (non-hydrogen) atoms. The molecule has 0 radical (unpaired) electrons. The zero-order chi connectivity index (χ0) is 15.2. The van der Waals surface area contributed by atoms with Gasteiger partial charge < -0.3 is 10.2 Å². The van der Waals surface area contributed by atoms with E-state index in [0.717, 1.165) is 11.4 Å². The Morgan fingerprint density at radius 1 is 1.33 bits per heavy atom. The first-order chi connectivity index (χ1) is 10.2. The summed E-state index contributed by atoms with van der Waals surface area (Å²) in [5.41, 5.74) is 2.59. The third-order valence-electron chi connectivity index (χ3n) is 3.44. The van der Waals surface area contributed by atoms with Crippen molar-refractivity contribution in [1.29, 1.82) is 0 Å². The molecule has 1 amide bonds. The number of anilines is 1. The minimum absolute atomic E-state index is 0.0610. The highest BCUT2D eigenvalue weighted by Crippen LogP contribution is 2.13. The van der Waals surface area contributed by atoms with Crippen LogP contribution in [-0.2, 0) is 13.6 Å². The molecule has 6 nitrogen and oxygen atoms in total. The molecular weight excluding hydrogens is 266 g/mol. The molecule has 0 saturated heterocycles. The molecule has 0 unspecified atom stereocenters. The van der Waals surface area contributed by atoms with E-state index in [-0.39, 0.29) is 5.91 Å². The molecule has 0 aliphatic carbocycles. The fraction of sp³-hybridized carbons (Fsp3) is 0.400. The monoisotopic (exact) mass is 287 g/mol. The number of nitrogens with zero attached hydrogens (tertiary/aromatic N) is 4. The molecule has 0 spiro atoms. The summed E-state index contributed by atoms with van der Waals surface area (Å²) in [5, 5.41) is 11.0. The van der Waals surface area contributed by atoms with E-state index in [1.807, 2.05) is 50.1 Å². The van der Waals surface area contributed by atoms with Crippen molar-refractivity contribution in [3.8, 4) is 0 Å². The van der Waals surface area contributed by atoms with Gasteiger partial charge >= 0.3 is 0 Å². The molecule has 0 aliphatic heterocycles. The SMILES string of the molecule is CCN(CC)C(=O)c1cccc(NCc2cnnn2C)c1. The Morgan fingerprint density at radius 2 is 2.10 bits per heavy atom. The van der Waals surface area contributed by atoms with Gasteiger partial charge in [0.2, 0.25) is 0 Å². The highest BCUT2D eigenvalue weighted by molar-refractivity contribution is 5.95. The van der Waals surface area contributed by atoms with Gasteiger partial charge in [-0.2, -0.15) is 0 Å². The maximum atomic E-state index is 12.3. The molecule has 0 fully saturated rings. The number of rotatable bonds is 6. The molecule has 0 bridgehead atoms. The lowest BCUT2D eigenvalue weighted by molar-refractivity contribution is 0.0773. The Hall–Kier alpha value is -2.37. The Bertz CT molecular complexity index is 604. The minimum atomic E-state index is 0.0610. The van der Waals surface area contributed by atoms with Crippen LogP contribution in [-0.4, -0.2) is 38.9 Å². The van der Waals surface area contributed by atoms with Crippen LogP contribution in [0.15, 0.2) is 30.5 Å². The quantitative estimate of drug-likeness (QED) is 0.881. The summed E-state index contributed by atoms with van der Waals surface area (Å²) >= 11 is 0. The smallest absolute Gasteiger partial charge is 0.253 e. The minimum Gasteiger partial charge on any atom is -0.379 e. The molecule has 0 saturated carbocycles. The second-order valence-corrected chi connectivity index (χ2v) is 4.76. The van der Waals surface area contributed by atoms with E-state index in [1.54, 1.807) is 10.9 Å². The molecule has 1 N–H and O–H groups in total. The van der Waals surface area contributed by atoms with E-state index < -0.39 is 0 Å². The van der Waals surface area contributed by atoms with Crippen LogP contribution >= 0.6 is 0 Å². The van der Waals surface area contributed by atoms with E-state index >= 15 is 0 Å². The molecule has 1 aromatic heterocycles. The number of carbonyl (C=O) groups excluding carboxylic acids is 1. The summed E-state index contributed by atoms with van der Waals surface area (Å²) < 4.78 is 1.72. The third kappa shape index (κ3) is 3.59. The second-order valence-electron chi connectivity index (χ2n) is 4.76. The van der Waals surface area contributed by atoms with Crippen molar-refractivity contribution in [3.05, 3.63) is 41.7 Å². The van der Waals surface area contributed by atoms with Gasteiger partial charge in [0, 0.05) is 31.4 Å². The molecule has 1 heterocycles. The lowest BCUT2D eigenvalue weighted by Crippen LogP contribution is -2.30. The summed E-state index contributed by atoms with van der Waals surface area (Å²) in [5.74, 6) is 0.0610. The summed E-state index contributed by atoms with van der Waals surface area (Å²) in [6, 6.07) is 7.56. The lowest BCUT2D eigenvalue weighted by atomic mass is 10.1. The van der Waals surface area contributed by atoms with Gasteiger partial charge in [-0.1, -0.05) is 11.3 Å². The van der Waals surface area contributed by atoms with Crippen LogP contribution in [0.3, 0.4) is 0 Å². The zero-order valence-electron chi connectivity index (χ0n) is 12.7. The fourth-order valence-corrected chi connectivity index (χ4v) is 2.12. The average Bonchev–Trinajstić information content (AvgIpc) is 2.92. The van der Waals surface area contributed by atoms with Crippen molar-refractivity contribution in [2.75, 3.05) is 18.4 Å². The topological polar surface area (TPSA) is 63.1 Å². The van der Waals surface area contributed by atoms with Gasteiger partial charge in [-0.15, -0.1) is 5.10 Å². The number of hydrogen-bond acceptors (Lipinski definition) is 4. The van der Waals surface area contributed by atoms with E-state index in [4.69, 9.17) is 0 Å². The lowest BCUT2D eigenvalue weighted by Gasteiger charge is -2.19. The van der Waals surface area contributed by atoms with Crippen LogP contribution in [0.1, 0.15) is 29.9 Å².